The van der Waals surface area contributed by atoms with Gasteiger partial charge in [0, 0.05) is 38.1 Å². The molecule has 28 heavy (non-hydrogen) atoms. The predicted octanol–water partition coefficient (Wildman–Crippen LogP) is 1.04. The normalized spacial score (nSPS) is 22.1. The summed E-state index contributed by atoms with van der Waals surface area (Å²) in [4.78, 5) is 15.4. The first kappa shape index (κ1) is 19.3. The van der Waals surface area contributed by atoms with Crippen LogP contribution < -0.4 is 9.62 Å². The summed E-state index contributed by atoms with van der Waals surface area (Å²) >= 11 is 0. The van der Waals surface area contributed by atoms with E-state index in [2.05, 4.69) is 33.4 Å². The van der Waals surface area contributed by atoms with Gasteiger partial charge in [0.1, 0.15) is 0 Å². The molecule has 0 amide bonds. The SMILES string of the molecule is Cn1cnc(S(=O)(=O)N[C@H]2CC(C)(C)Cc3nc(N4CCOCC4)ncc32)c1. The van der Waals surface area contributed by atoms with Crippen molar-refractivity contribution in [3.05, 3.63) is 30.0 Å². The number of morpholine rings is 1. The van der Waals surface area contributed by atoms with Crippen molar-refractivity contribution in [2.75, 3.05) is 31.2 Å². The molecular weight excluding hydrogens is 380 g/mol. The summed E-state index contributed by atoms with van der Waals surface area (Å²) in [6, 6.07) is -0.385. The molecule has 0 bridgehead atoms. The molecule has 9 nitrogen and oxygen atoms in total. The zero-order chi connectivity index (χ0) is 19.9. The Balaban J connectivity index is 1.64. The van der Waals surface area contributed by atoms with E-state index in [9.17, 15) is 8.42 Å². The van der Waals surface area contributed by atoms with Crippen molar-refractivity contribution in [2.24, 2.45) is 12.5 Å². The van der Waals surface area contributed by atoms with Gasteiger partial charge in [0.25, 0.3) is 10.0 Å². The minimum Gasteiger partial charge on any atom is -0.378 e. The number of aryl methyl sites for hydroxylation is 1. The highest BCUT2D eigenvalue weighted by Crippen LogP contribution is 2.40. The fraction of sp³-hybridized carbons (Fsp3) is 0.611. The maximum atomic E-state index is 12.8. The quantitative estimate of drug-likeness (QED) is 0.809. The molecule has 1 N–H and O–H groups in total. The Kier molecular flexibility index (Phi) is 4.88. The molecule has 0 spiro atoms. The number of rotatable bonds is 4. The average molecular weight is 407 g/mol. The van der Waals surface area contributed by atoms with Crippen LogP contribution in [-0.4, -0.2) is 54.2 Å². The smallest absolute Gasteiger partial charge is 0.260 e. The first-order valence-corrected chi connectivity index (χ1v) is 10.9. The lowest BCUT2D eigenvalue weighted by atomic mass is 9.74. The van der Waals surface area contributed by atoms with E-state index in [1.54, 1.807) is 17.8 Å². The molecule has 0 aromatic carbocycles. The third-order valence-corrected chi connectivity index (χ3v) is 6.57. The number of sulfonamides is 1. The monoisotopic (exact) mass is 406 g/mol. The third-order valence-electron chi connectivity index (χ3n) is 5.21. The van der Waals surface area contributed by atoms with Gasteiger partial charge in [-0.25, -0.2) is 28.1 Å². The fourth-order valence-corrected chi connectivity index (χ4v) is 5.03. The van der Waals surface area contributed by atoms with E-state index in [0.29, 0.717) is 25.6 Å². The number of nitrogens with zero attached hydrogens (tertiary/aromatic N) is 5. The first-order chi connectivity index (χ1) is 13.2. The van der Waals surface area contributed by atoms with Crippen molar-refractivity contribution in [3.8, 4) is 0 Å². The van der Waals surface area contributed by atoms with Crippen LogP contribution in [0.15, 0.2) is 23.7 Å². The molecule has 0 saturated carbocycles. The zero-order valence-electron chi connectivity index (χ0n) is 16.4. The number of ether oxygens (including phenoxy) is 1. The van der Waals surface area contributed by atoms with Gasteiger partial charge in [-0.2, -0.15) is 0 Å². The minimum absolute atomic E-state index is 0.0192. The van der Waals surface area contributed by atoms with E-state index in [0.717, 1.165) is 30.8 Å². The standard InChI is InChI=1S/C18H26N6O3S/c1-18(2)8-14-13(10-19-17(21-14)24-4-6-27-7-5-24)15(9-18)22-28(25,26)16-11-23(3)12-20-16/h10-12,15,22H,4-9H2,1-3H3/t15-/m0/s1. The summed E-state index contributed by atoms with van der Waals surface area (Å²) < 4.78 is 35.4. The van der Waals surface area contributed by atoms with Crippen LogP contribution in [0.2, 0.25) is 0 Å². The van der Waals surface area contributed by atoms with Gasteiger partial charge in [-0.3, -0.25) is 0 Å². The van der Waals surface area contributed by atoms with Crippen LogP contribution in [0.3, 0.4) is 0 Å². The molecule has 1 aliphatic heterocycles. The number of anilines is 1. The van der Waals surface area contributed by atoms with Crippen LogP contribution in [0.5, 0.6) is 0 Å². The number of nitrogens with one attached hydrogen (secondary N) is 1. The maximum Gasteiger partial charge on any atom is 0.260 e. The van der Waals surface area contributed by atoms with Crippen LogP contribution in [0.4, 0.5) is 5.95 Å². The van der Waals surface area contributed by atoms with Crippen LogP contribution in [0.1, 0.15) is 37.6 Å². The van der Waals surface area contributed by atoms with E-state index in [-0.39, 0.29) is 16.5 Å². The number of imidazole rings is 1. The van der Waals surface area contributed by atoms with Gasteiger partial charge < -0.3 is 14.2 Å². The number of hydrogen-bond acceptors (Lipinski definition) is 7. The van der Waals surface area contributed by atoms with Gasteiger partial charge in [-0.15, -0.1) is 0 Å². The summed E-state index contributed by atoms with van der Waals surface area (Å²) in [6.07, 6.45) is 6.20. The van der Waals surface area contributed by atoms with E-state index in [1.165, 1.54) is 12.5 Å². The van der Waals surface area contributed by atoms with E-state index >= 15 is 0 Å². The Morgan fingerprint density at radius 3 is 2.68 bits per heavy atom. The van der Waals surface area contributed by atoms with Gasteiger partial charge in [0.15, 0.2) is 5.03 Å². The summed E-state index contributed by atoms with van der Waals surface area (Å²) in [5.74, 6) is 0.686. The molecule has 0 unspecified atom stereocenters. The molecule has 2 aliphatic rings. The molecular formula is C18H26N6O3S. The Bertz CT molecular complexity index is 965. The number of fused-ring (bicyclic) bond motifs is 1. The van der Waals surface area contributed by atoms with Gasteiger partial charge in [-0.05, 0) is 18.3 Å². The highest BCUT2D eigenvalue weighted by molar-refractivity contribution is 7.89. The van der Waals surface area contributed by atoms with Gasteiger partial charge in [-0.1, -0.05) is 13.8 Å². The summed E-state index contributed by atoms with van der Waals surface area (Å²) in [5.41, 5.74) is 1.67. The molecule has 152 valence electrons. The fourth-order valence-electron chi connectivity index (χ4n) is 3.83. The van der Waals surface area contributed by atoms with Crippen molar-refractivity contribution in [1.29, 1.82) is 0 Å². The molecule has 3 heterocycles. The van der Waals surface area contributed by atoms with Crippen molar-refractivity contribution in [3.63, 3.8) is 0 Å². The van der Waals surface area contributed by atoms with Crippen molar-refractivity contribution in [1.82, 2.24) is 24.2 Å². The second-order valence-electron chi connectivity index (χ2n) is 8.27. The number of hydrogen-bond donors (Lipinski definition) is 1. The van der Waals surface area contributed by atoms with Crippen molar-refractivity contribution >= 4 is 16.0 Å². The third kappa shape index (κ3) is 3.89. The first-order valence-electron chi connectivity index (χ1n) is 9.42. The molecule has 0 radical (unpaired) electrons. The van der Waals surface area contributed by atoms with E-state index in [4.69, 9.17) is 9.72 Å². The average Bonchev–Trinajstić information content (AvgIpc) is 3.08. The second kappa shape index (κ2) is 7.09. The van der Waals surface area contributed by atoms with Gasteiger partial charge >= 0.3 is 0 Å². The van der Waals surface area contributed by atoms with Crippen LogP contribution in [-0.2, 0) is 28.2 Å². The highest BCUT2D eigenvalue weighted by Gasteiger charge is 2.36. The second-order valence-corrected chi connectivity index (χ2v) is 9.93. The zero-order valence-corrected chi connectivity index (χ0v) is 17.2. The lowest BCUT2D eigenvalue weighted by Crippen LogP contribution is -2.39. The van der Waals surface area contributed by atoms with Crippen molar-refractivity contribution in [2.45, 2.75) is 37.8 Å². The van der Waals surface area contributed by atoms with E-state index in [1.807, 2.05) is 0 Å². The lowest BCUT2D eigenvalue weighted by Gasteiger charge is -2.37. The van der Waals surface area contributed by atoms with Crippen LogP contribution >= 0.6 is 0 Å². The summed E-state index contributed by atoms with van der Waals surface area (Å²) in [7, 11) is -1.98. The Morgan fingerprint density at radius 2 is 2.00 bits per heavy atom. The Hall–Kier alpha value is -2.04. The van der Waals surface area contributed by atoms with Crippen molar-refractivity contribution < 1.29 is 13.2 Å². The topological polar surface area (TPSA) is 102 Å². The van der Waals surface area contributed by atoms with Crippen LogP contribution in [0, 0.1) is 5.41 Å². The van der Waals surface area contributed by atoms with E-state index < -0.39 is 10.0 Å². The Morgan fingerprint density at radius 1 is 1.25 bits per heavy atom. The molecule has 1 atom stereocenters. The van der Waals surface area contributed by atoms with Crippen LogP contribution in [0.25, 0.3) is 0 Å². The highest BCUT2D eigenvalue weighted by atomic mass is 32.2. The van der Waals surface area contributed by atoms with Gasteiger partial charge in [0.05, 0.1) is 31.3 Å². The predicted molar refractivity (Wildman–Crippen MR) is 103 cm³/mol. The van der Waals surface area contributed by atoms with Gasteiger partial charge in [0.2, 0.25) is 5.95 Å². The molecule has 1 saturated heterocycles. The Labute approximate surface area is 165 Å². The lowest BCUT2D eigenvalue weighted by molar-refractivity contribution is 0.122. The largest absolute Gasteiger partial charge is 0.378 e. The minimum atomic E-state index is -3.73. The molecule has 1 fully saturated rings. The number of aromatic nitrogens is 4. The molecule has 2 aromatic heterocycles. The molecule has 1 aliphatic carbocycles. The summed E-state index contributed by atoms with van der Waals surface area (Å²) in [5, 5.41) is 0.0192. The molecule has 4 rings (SSSR count). The molecule has 10 heteroatoms. The summed E-state index contributed by atoms with van der Waals surface area (Å²) in [6.45, 7) is 7.12. The molecule has 2 aromatic rings. The maximum absolute atomic E-state index is 12.8.